The van der Waals surface area contributed by atoms with Crippen LogP contribution in [0.5, 0.6) is 5.75 Å². The summed E-state index contributed by atoms with van der Waals surface area (Å²) in [6, 6.07) is 19.0. The number of amides is 2. The quantitative estimate of drug-likeness (QED) is 0.287. The third-order valence-corrected chi connectivity index (χ3v) is 4.76. The first kappa shape index (κ1) is 22.6. The van der Waals surface area contributed by atoms with Gasteiger partial charge in [0.05, 0.1) is 16.9 Å². The highest BCUT2D eigenvalue weighted by atomic mass is 35.5. The third-order valence-electron chi connectivity index (χ3n) is 3.94. The van der Waals surface area contributed by atoms with Crippen LogP contribution in [0.25, 0.3) is 0 Å². The zero-order chi connectivity index (χ0) is 22.2. The molecular formula is C22H16Cl3N3O3. The van der Waals surface area contributed by atoms with E-state index in [0.29, 0.717) is 28.0 Å². The van der Waals surface area contributed by atoms with Crippen LogP contribution >= 0.6 is 34.8 Å². The lowest BCUT2D eigenvalue weighted by Crippen LogP contribution is -2.32. The van der Waals surface area contributed by atoms with Crippen LogP contribution in [-0.4, -0.2) is 18.0 Å². The van der Waals surface area contributed by atoms with Crippen molar-refractivity contribution in [3.8, 4) is 5.75 Å². The summed E-state index contributed by atoms with van der Waals surface area (Å²) in [4.78, 5) is 23.9. The van der Waals surface area contributed by atoms with Crippen LogP contribution in [0.15, 0.2) is 71.8 Å². The van der Waals surface area contributed by atoms with E-state index in [1.807, 2.05) is 12.1 Å². The fraction of sp³-hybridized carbons (Fsp3) is 0.0455. The number of benzene rings is 3. The number of hydrazone groups is 1. The standard InChI is InChI=1S/C22H16Cl3N3O3/c23-16-6-4-14(5-7-16)13-31-18-3-1-2-15(10-18)12-26-28-22(30)21(29)27-20-11-17(24)8-9-19(20)25/h1-12H,13H2,(H,27,29)(H,28,30). The summed E-state index contributed by atoms with van der Waals surface area (Å²) in [7, 11) is 0. The highest BCUT2D eigenvalue weighted by molar-refractivity contribution is 6.42. The third kappa shape index (κ3) is 7.00. The van der Waals surface area contributed by atoms with Crippen LogP contribution < -0.4 is 15.5 Å². The van der Waals surface area contributed by atoms with Crippen molar-refractivity contribution >= 4 is 58.5 Å². The first-order chi connectivity index (χ1) is 14.9. The van der Waals surface area contributed by atoms with Gasteiger partial charge < -0.3 is 10.1 Å². The number of ether oxygens (including phenoxy) is 1. The molecule has 158 valence electrons. The molecule has 0 saturated heterocycles. The first-order valence-electron chi connectivity index (χ1n) is 8.97. The Morgan fingerprint density at radius 3 is 2.42 bits per heavy atom. The van der Waals surface area contributed by atoms with Gasteiger partial charge in [0.25, 0.3) is 0 Å². The van der Waals surface area contributed by atoms with Crippen LogP contribution in [0.3, 0.4) is 0 Å². The molecule has 0 aromatic heterocycles. The number of carbonyl (C=O) groups excluding carboxylic acids is 2. The van der Waals surface area contributed by atoms with Gasteiger partial charge in [0.1, 0.15) is 12.4 Å². The van der Waals surface area contributed by atoms with E-state index in [1.54, 1.807) is 42.5 Å². The molecule has 0 saturated carbocycles. The maximum atomic E-state index is 12.0. The number of nitrogens with one attached hydrogen (secondary N) is 2. The topological polar surface area (TPSA) is 79.8 Å². The van der Waals surface area contributed by atoms with Crippen LogP contribution in [0.2, 0.25) is 15.1 Å². The summed E-state index contributed by atoms with van der Waals surface area (Å²) in [6.07, 6.45) is 1.40. The first-order valence-corrected chi connectivity index (χ1v) is 10.1. The van der Waals surface area contributed by atoms with Gasteiger partial charge >= 0.3 is 11.8 Å². The molecule has 6 nitrogen and oxygen atoms in total. The molecule has 2 N–H and O–H groups in total. The second-order valence-corrected chi connectivity index (χ2v) is 7.55. The molecule has 0 aliphatic carbocycles. The monoisotopic (exact) mass is 475 g/mol. The van der Waals surface area contributed by atoms with Crippen molar-refractivity contribution in [1.82, 2.24) is 5.43 Å². The van der Waals surface area contributed by atoms with Crippen LogP contribution in [0.4, 0.5) is 5.69 Å². The zero-order valence-corrected chi connectivity index (χ0v) is 18.2. The van der Waals surface area contributed by atoms with Crippen LogP contribution in [-0.2, 0) is 16.2 Å². The normalized spacial score (nSPS) is 10.7. The Morgan fingerprint density at radius 1 is 0.903 bits per heavy atom. The van der Waals surface area contributed by atoms with E-state index < -0.39 is 11.8 Å². The minimum atomic E-state index is -0.956. The van der Waals surface area contributed by atoms with Crippen molar-refractivity contribution in [3.63, 3.8) is 0 Å². The maximum Gasteiger partial charge on any atom is 0.329 e. The van der Waals surface area contributed by atoms with E-state index in [1.165, 1.54) is 18.3 Å². The van der Waals surface area contributed by atoms with E-state index in [2.05, 4.69) is 15.8 Å². The summed E-state index contributed by atoms with van der Waals surface area (Å²) in [5.74, 6) is -1.26. The highest BCUT2D eigenvalue weighted by Gasteiger charge is 2.14. The Kier molecular flexibility index (Phi) is 7.89. The summed E-state index contributed by atoms with van der Waals surface area (Å²) in [6.45, 7) is 0.376. The average molecular weight is 477 g/mol. The Labute approximate surface area is 193 Å². The van der Waals surface area contributed by atoms with Crippen molar-refractivity contribution in [2.24, 2.45) is 5.10 Å². The molecule has 31 heavy (non-hydrogen) atoms. The van der Waals surface area contributed by atoms with E-state index in [-0.39, 0.29) is 10.7 Å². The fourth-order valence-electron chi connectivity index (χ4n) is 2.42. The largest absolute Gasteiger partial charge is 0.489 e. The van der Waals surface area contributed by atoms with Gasteiger partial charge in [0.15, 0.2) is 0 Å². The zero-order valence-electron chi connectivity index (χ0n) is 15.9. The molecule has 2 amide bonds. The van der Waals surface area contributed by atoms with Gasteiger partial charge in [0.2, 0.25) is 0 Å². The minimum absolute atomic E-state index is 0.226. The number of hydrogen-bond acceptors (Lipinski definition) is 4. The van der Waals surface area contributed by atoms with E-state index in [0.717, 1.165) is 5.56 Å². The lowest BCUT2D eigenvalue weighted by molar-refractivity contribution is -0.136. The van der Waals surface area contributed by atoms with Gasteiger partial charge in [-0.2, -0.15) is 5.10 Å². The number of nitrogens with zero attached hydrogens (tertiary/aromatic N) is 1. The molecular weight excluding hydrogens is 461 g/mol. The summed E-state index contributed by atoms with van der Waals surface area (Å²) < 4.78 is 5.75. The Morgan fingerprint density at radius 2 is 1.65 bits per heavy atom. The molecule has 3 rings (SSSR count). The second-order valence-electron chi connectivity index (χ2n) is 6.27. The molecule has 0 unspecified atom stereocenters. The van der Waals surface area contributed by atoms with Gasteiger partial charge in [-0.3, -0.25) is 9.59 Å². The van der Waals surface area contributed by atoms with Gasteiger partial charge in [-0.25, -0.2) is 5.43 Å². The van der Waals surface area contributed by atoms with Gasteiger partial charge in [-0.15, -0.1) is 0 Å². The molecule has 0 radical (unpaired) electrons. The minimum Gasteiger partial charge on any atom is -0.489 e. The van der Waals surface area contributed by atoms with Crippen molar-refractivity contribution in [3.05, 3.63) is 92.9 Å². The van der Waals surface area contributed by atoms with Crippen molar-refractivity contribution in [1.29, 1.82) is 0 Å². The number of anilines is 1. The predicted molar refractivity (Wildman–Crippen MR) is 123 cm³/mol. The molecule has 9 heteroatoms. The van der Waals surface area contributed by atoms with Crippen molar-refractivity contribution in [2.45, 2.75) is 6.61 Å². The number of carbonyl (C=O) groups is 2. The number of halogens is 3. The number of rotatable bonds is 6. The second kappa shape index (κ2) is 10.8. The highest BCUT2D eigenvalue weighted by Crippen LogP contribution is 2.25. The van der Waals surface area contributed by atoms with Crippen LogP contribution in [0, 0.1) is 0 Å². The molecule has 0 atom stereocenters. The molecule has 0 fully saturated rings. The lowest BCUT2D eigenvalue weighted by Gasteiger charge is -2.07. The summed E-state index contributed by atoms with van der Waals surface area (Å²) >= 11 is 17.7. The fourth-order valence-corrected chi connectivity index (χ4v) is 2.88. The van der Waals surface area contributed by atoms with Crippen molar-refractivity contribution in [2.75, 3.05) is 5.32 Å². The van der Waals surface area contributed by atoms with E-state index >= 15 is 0 Å². The SMILES string of the molecule is O=C(NN=Cc1cccc(OCc2ccc(Cl)cc2)c1)C(=O)Nc1cc(Cl)ccc1Cl. The summed E-state index contributed by atoms with van der Waals surface area (Å²) in [5.41, 5.74) is 4.03. The van der Waals surface area contributed by atoms with Gasteiger partial charge in [-0.1, -0.05) is 59.1 Å². The maximum absolute atomic E-state index is 12.0. The molecule has 0 heterocycles. The predicted octanol–water partition coefficient (Wildman–Crippen LogP) is 5.31. The molecule has 3 aromatic carbocycles. The Balaban J connectivity index is 1.53. The molecule has 0 spiro atoms. The Bertz CT molecular complexity index is 1120. The number of hydrogen-bond donors (Lipinski definition) is 2. The Hall–Kier alpha value is -3.06. The molecule has 3 aromatic rings. The van der Waals surface area contributed by atoms with Gasteiger partial charge in [-0.05, 0) is 53.6 Å². The summed E-state index contributed by atoms with van der Waals surface area (Å²) in [5, 5.41) is 7.46. The van der Waals surface area contributed by atoms with Crippen LogP contribution in [0.1, 0.15) is 11.1 Å². The average Bonchev–Trinajstić information content (AvgIpc) is 2.76. The van der Waals surface area contributed by atoms with Crippen molar-refractivity contribution < 1.29 is 14.3 Å². The van der Waals surface area contributed by atoms with E-state index in [4.69, 9.17) is 39.5 Å². The van der Waals surface area contributed by atoms with Gasteiger partial charge in [0, 0.05) is 10.0 Å². The lowest BCUT2D eigenvalue weighted by atomic mass is 10.2. The molecule has 0 bridgehead atoms. The molecule has 0 aliphatic rings. The van der Waals surface area contributed by atoms with E-state index in [9.17, 15) is 9.59 Å². The smallest absolute Gasteiger partial charge is 0.329 e. The molecule has 0 aliphatic heterocycles.